The molecule has 6 atom stereocenters. The van der Waals surface area contributed by atoms with Crippen LogP contribution in [0.25, 0.3) is 5.57 Å². The third kappa shape index (κ3) is 5.02. The number of hydrogen-bond donors (Lipinski definition) is 1. The lowest BCUT2D eigenvalue weighted by Gasteiger charge is -2.55. The standard InChI is InChI=1S/C39H34F3NO6/c1-37(2,3)43-35(47)25-16-15-24-27(32(25)36(43)48)19-29-34(46)26(21-10-6-4-7-11-21)20-31(45)38(29,22-12-8-5-9-13-22)33(24)28-18-23(14-17-30(28)44)49-39(40,41)42/h4-15,17-18,20,25,27,29,32-33,44H,16,19H2,1-3H3. The Hall–Kier alpha value is -4.99. The van der Waals surface area contributed by atoms with E-state index in [-0.39, 0.29) is 35.7 Å². The number of rotatable bonds is 4. The molecule has 6 unspecified atom stereocenters. The predicted octanol–water partition coefficient (Wildman–Crippen LogP) is 6.91. The first-order valence-electron chi connectivity index (χ1n) is 16.2. The van der Waals surface area contributed by atoms with Crippen molar-refractivity contribution in [1.82, 2.24) is 4.90 Å². The summed E-state index contributed by atoms with van der Waals surface area (Å²) in [6.45, 7) is 5.30. The summed E-state index contributed by atoms with van der Waals surface area (Å²) in [6, 6.07) is 20.4. The number of imide groups is 1. The summed E-state index contributed by atoms with van der Waals surface area (Å²) in [5.74, 6) is -7.16. The number of amides is 2. The van der Waals surface area contributed by atoms with Crippen LogP contribution in [0.4, 0.5) is 13.2 Å². The number of halogens is 3. The van der Waals surface area contributed by atoms with Gasteiger partial charge in [0.25, 0.3) is 0 Å². The lowest BCUT2D eigenvalue weighted by Crippen LogP contribution is -2.59. The molecule has 1 N–H and O–H groups in total. The quantitative estimate of drug-likeness (QED) is 0.239. The molecule has 10 heteroatoms. The van der Waals surface area contributed by atoms with Gasteiger partial charge in [-0.1, -0.05) is 72.3 Å². The SMILES string of the molecule is CC(C)(C)N1C(=O)C2CC=C3C(CC4C(=O)C(c5ccccc5)=CC(=O)C4(c4ccccc4)C3c3cc(OC(F)(F)F)ccc3O)C2C1=O. The molecule has 4 aliphatic rings. The molecule has 7 rings (SSSR count). The maximum atomic E-state index is 15.0. The highest BCUT2D eigenvalue weighted by atomic mass is 19.4. The van der Waals surface area contributed by atoms with Gasteiger partial charge >= 0.3 is 6.36 Å². The molecular weight excluding hydrogens is 635 g/mol. The van der Waals surface area contributed by atoms with Gasteiger partial charge in [0, 0.05) is 28.5 Å². The topological polar surface area (TPSA) is 101 Å². The normalized spacial score (nSPS) is 28.4. The Balaban J connectivity index is 1.52. The van der Waals surface area contributed by atoms with Crippen molar-refractivity contribution in [2.75, 3.05) is 0 Å². The first-order valence-corrected chi connectivity index (χ1v) is 16.2. The summed E-state index contributed by atoms with van der Waals surface area (Å²) in [5.41, 5.74) is -0.909. The van der Waals surface area contributed by atoms with Gasteiger partial charge in [-0.2, -0.15) is 0 Å². The number of benzene rings is 3. The predicted molar refractivity (Wildman–Crippen MR) is 173 cm³/mol. The Labute approximate surface area is 281 Å². The molecule has 1 saturated carbocycles. The average Bonchev–Trinajstić information content (AvgIpc) is 3.32. The zero-order valence-electron chi connectivity index (χ0n) is 27.0. The monoisotopic (exact) mass is 669 g/mol. The summed E-state index contributed by atoms with van der Waals surface area (Å²) in [5, 5.41) is 11.4. The van der Waals surface area contributed by atoms with Crippen LogP contribution in [-0.2, 0) is 24.6 Å². The molecule has 3 aliphatic carbocycles. The lowest BCUT2D eigenvalue weighted by molar-refractivity contribution is -0.274. The summed E-state index contributed by atoms with van der Waals surface area (Å²) in [7, 11) is 0. The fraction of sp³-hybridized carbons (Fsp3) is 0.333. The number of carbonyl (C=O) groups is 4. The number of carbonyl (C=O) groups excluding carboxylic acids is 4. The highest BCUT2D eigenvalue weighted by molar-refractivity contribution is 6.31. The van der Waals surface area contributed by atoms with Crippen LogP contribution in [0.2, 0.25) is 0 Å². The van der Waals surface area contributed by atoms with Gasteiger partial charge in [-0.15, -0.1) is 13.2 Å². The molecule has 0 radical (unpaired) electrons. The van der Waals surface area contributed by atoms with Gasteiger partial charge in [0.2, 0.25) is 11.8 Å². The molecule has 252 valence electrons. The third-order valence-corrected chi connectivity index (χ3v) is 10.6. The lowest BCUT2D eigenvalue weighted by atomic mass is 9.44. The molecule has 1 aliphatic heterocycles. The molecule has 2 amide bonds. The Bertz CT molecular complexity index is 1940. The van der Waals surface area contributed by atoms with E-state index >= 15 is 4.79 Å². The van der Waals surface area contributed by atoms with Crippen LogP contribution in [0.1, 0.15) is 56.2 Å². The van der Waals surface area contributed by atoms with Crippen molar-refractivity contribution in [3.05, 3.63) is 113 Å². The molecule has 7 nitrogen and oxygen atoms in total. The molecule has 0 bridgehead atoms. The molecule has 49 heavy (non-hydrogen) atoms. The van der Waals surface area contributed by atoms with Gasteiger partial charge in [-0.25, -0.2) is 0 Å². The van der Waals surface area contributed by atoms with Crippen molar-refractivity contribution < 1.29 is 42.2 Å². The van der Waals surface area contributed by atoms with E-state index in [1.165, 1.54) is 11.0 Å². The minimum atomic E-state index is -5.04. The maximum Gasteiger partial charge on any atom is 0.573 e. The highest BCUT2D eigenvalue weighted by Crippen LogP contribution is 2.64. The molecule has 0 aromatic heterocycles. The van der Waals surface area contributed by atoms with E-state index in [9.17, 15) is 32.7 Å². The van der Waals surface area contributed by atoms with Crippen molar-refractivity contribution in [3.8, 4) is 11.5 Å². The van der Waals surface area contributed by atoms with Crippen molar-refractivity contribution in [2.24, 2.45) is 23.7 Å². The number of aromatic hydroxyl groups is 1. The van der Waals surface area contributed by atoms with Gasteiger partial charge in [-0.3, -0.25) is 24.1 Å². The number of Topliss-reactive ketones (excluding diaryl/α,β-unsaturated/α-hetero) is 1. The third-order valence-electron chi connectivity index (χ3n) is 10.6. The van der Waals surface area contributed by atoms with Gasteiger partial charge < -0.3 is 9.84 Å². The Morgan fingerprint density at radius 2 is 1.51 bits per heavy atom. The average molecular weight is 670 g/mol. The van der Waals surface area contributed by atoms with Crippen LogP contribution in [0.15, 0.2) is 96.6 Å². The fourth-order valence-electron chi connectivity index (χ4n) is 8.84. The van der Waals surface area contributed by atoms with E-state index in [4.69, 9.17) is 0 Å². The number of phenols is 1. The van der Waals surface area contributed by atoms with Crippen LogP contribution >= 0.6 is 0 Å². The molecule has 3 aromatic rings. The van der Waals surface area contributed by atoms with E-state index < -0.39 is 70.1 Å². The Kier molecular flexibility index (Phi) is 7.50. The second kappa shape index (κ2) is 11.3. The largest absolute Gasteiger partial charge is 0.573 e. The molecule has 1 saturated heterocycles. The van der Waals surface area contributed by atoms with Crippen molar-refractivity contribution in [1.29, 1.82) is 0 Å². The van der Waals surface area contributed by atoms with Crippen LogP contribution in [0, 0.1) is 23.7 Å². The fourth-order valence-corrected chi connectivity index (χ4v) is 8.84. The van der Waals surface area contributed by atoms with Gasteiger partial charge in [0.05, 0.1) is 17.3 Å². The Morgan fingerprint density at radius 1 is 0.857 bits per heavy atom. The van der Waals surface area contributed by atoms with Crippen molar-refractivity contribution >= 4 is 29.0 Å². The molecular formula is C39H34F3NO6. The molecule has 3 aromatic carbocycles. The van der Waals surface area contributed by atoms with E-state index in [0.29, 0.717) is 16.7 Å². The number of hydrogen-bond acceptors (Lipinski definition) is 6. The molecule has 2 fully saturated rings. The number of ether oxygens (including phenoxy) is 1. The minimum absolute atomic E-state index is 0.0314. The zero-order valence-corrected chi connectivity index (χ0v) is 27.0. The Morgan fingerprint density at radius 3 is 2.14 bits per heavy atom. The van der Waals surface area contributed by atoms with Crippen molar-refractivity contribution in [3.63, 3.8) is 0 Å². The van der Waals surface area contributed by atoms with E-state index in [2.05, 4.69) is 4.74 Å². The minimum Gasteiger partial charge on any atom is -0.508 e. The number of ketones is 2. The van der Waals surface area contributed by atoms with E-state index in [0.717, 1.165) is 18.2 Å². The second-order valence-electron chi connectivity index (χ2n) is 14.2. The second-order valence-corrected chi connectivity index (χ2v) is 14.2. The number of fused-ring (bicyclic) bond motifs is 4. The van der Waals surface area contributed by atoms with Gasteiger partial charge in [-0.05, 0) is 74.9 Å². The summed E-state index contributed by atoms with van der Waals surface area (Å²) in [4.78, 5) is 59.2. The molecule has 0 spiro atoms. The first kappa shape index (κ1) is 32.6. The summed E-state index contributed by atoms with van der Waals surface area (Å²) in [6.07, 6.45) is -1.77. The molecule has 1 heterocycles. The first-order chi connectivity index (χ1) is 23.1. The van der Waals surface area contributed by atoms with E-state index in [1.54, 1.807) is 87.5 Å². The van der Waals surface area contributed by atoms with Crippen LogP contribution in [-0.4, -0.2) is 45.3 Å². The van der Waals surface area contributed by atoms with E-state index in [1.807, 2.05) is 0 Å². The van der Waals surface area contributed by atoms with Crippen LogP contribution < -0.4 is 4.74 Å². The number of alkyl halides is 3. The highest BCUT2D eigenvalue weighted by Gasteiger charge is 2.66. The number of phenolic OH excluding ortho intramolecular Hbond substituents is 1. The summed E-state index contributed by atoms with van der Waals surface area (Å²) >= 11 is 0. The van der Waals surface area contributed by atoms with Crippen LogP contribution in [0.3, 0.4) is 0 Å². The number of likely N-dealkylation sites (tertiary alicyclic amines) is 1. The smallest absolute Gasteiger partial charge is 0.508 e. The number of nitrogens with zero attached hydrogens (tertiary/aromatic N) is 1. The van der Waals surface area contributed by atoms with Crippen molar-refractivity contribution in [2.45, 2.75) is 56.8 Å². The van der Waals surface area contributed by atoms with Gasteiger partial charge in [0.1, 0.15) is 11.5 Å². The van der Waals surface area contributed by atoms with Gasteiger partial charge in [0.15, 0.2) is 11.6 Å². The zero-order chi connectivity index (χ0) is 35.0. The maximum absolute atomic E-state index is 15.0. The number of allylic oxidation sites excluding steroid dienone is 4. The summed E-state index contributed by atoms with van der Waals surface area (Å²) < 4.78 is 44.8. The van der Waals surface area contributed by atoms with Crippen LogP contribution in [0.5, 0.6) is 11.5 Å².